The van der Waals surface area contributed by atoms with Gasteiger partial charge in [-0.2, -0.15) is 0 Å². The Morgan fingerprint density at radius 3 is 1.02 bits per heavy atom. The van der Waals surface area contributed by atoms with Crippen LogP contribution in [0.2, 0.25) is 0 Å². The Balaban J connectivity index is 0.000000189. The number of nitrogens with one attached hydrogen (secondary N) is 2. The van der Waals surface area contributed by atoms with Crippen LogP contribution < -0.4 is 102 Å². The molecule has 0 aromatic rings. The van der Waals surface area contributed by atoms with Crippen molar-refractivity contribution in [1.82, 2.24) is 10.6 Å². The monoisotopic (exact) mass is 1890 g/mol. The second kappa shape index (κ2) is 48.8. The zero-order valence-corrected chi connectivity index (χ0v) is 72.8. The normalized spacial score (nSPS) is 51.4. The zero-order valence-electron chi connectivity index (χ0n) is 72.8. The van der Waals surface area contributed by atoms with Gasteiger partial charge in [0.2, 0.25) is 0 Å². The van der Waals surface area contributed by atoms with Gasteiger partial charge in [0.25, 0.3) is 0 Å². The summed E-state index contributed by atoms with van der Waals surface area (Å²) in [6.07, 6.45) is -43.7. The first-order valence-electron chi connectivity index (χ1n) is 44.8. The maximum atomic E-state index is 11.2. The average Bonchev–Trinajstić information content (AvgIpc) is 1.52. The molecule has 13 rings (SSSR count). The molecule has 3 unspecified atom stereocenters. The molecule has 0 spiro atoms. The molecule has 3 aliphatic carbocycles. The molecule has 10 aliphatic heterocycles. The van der Waals surface area contributed by atoms with Crippen molar-refractivity contribution < 1.29 is 177 Å². The van der Waals surface area contributed by atoms with Crippen LogP contribution in [-0.2, 0) is 90.0 Å². The van der Waals surface area contributed by atoms with Crippen LogP contribution in [-0.4, -0.2) is 496 Å². The SMILES string of the molecule is C[C@H](N)[C@H]1O[C@H](O[C@H]2[C@H](O[C@@H]3O[C@H](CO)[C@@H](OC4O[C@@H](CN)[C@@H](O)[C@H](O)[C@H]4N)[C@H]3O)[C@@H](O)[C@H](N)C[C@@H]2N)[C@H](N)C[C@@H]1O.C[C@H](NCCO)[C@@H]1CC[C@@H](N)[C@@H](O[C@H]2[C@H](O[C@@H]3O[C@H](CO)[C@@H](OC4O[C@@H](CN)[C@@H](O)[C@H](O)[C@H]4N)[C@H]3O)[C@@H](O)[C@H](N)C[C@@H]2N)O1.NC[C@@H]1OC(O[C@H]2[C@@H](O)[C@H](O[C@@H]3[C@@H](O)[C@H](N)C[C@H](N)[C@H]3O[C@H]3O[C@H]([C@@H]4COCCN4)CC[C@H]3N)O[C@@H]2CO)[C@H](N)[C@@H](O)[C@@H]1O. The third-order valence-electron chi connectivity index (χ3n) is 26.6. The molecule has 54 nitrogen and oxygen atoms in total. The van der Waals surface area contributed by atoms with Crippen LogP contribution in [0.4, 0.5) is 0 Å². The Bertz CT molecular complexity index is 3310. The zero-order chi connectivity index (χ0) is 95.0. The average molecular weight is 1890 g/mol. The number of hydrogen-bond donors (Lipinski definition) is 35. The van der Waals surface area contributed by atoms with Crippen LogP contribution in [0.25, 0.3) is 0 Å². The first kappa shape index (κ1) is 108. The molecule has 13 aliphatic rings. The van der Waals surface area contributed by atoms with E-state index in [2.05, 4.69) is 10.6 Å². The van der Waals surface area contributed by atoms with Crippen molar-refractivity contribution in [3.8, 4) is 0 Å². The standard InChI is InChI=1S/C26H50N6O12.C26H52N6O12.C24H48N6O12/c27-6-14-18(35)19(36)16(31)25(40-14)43-22-15(7-33)41-26(20(22)37)44-23-17(34)10(29)5-11(30)21(23)42-24-9(28)1-2-13(39-24)12-8-38-4-3-32-12;1-9(32-4-5-33)13-3-2-10(28)24(39-13)42-21-12(30)6-11(29)17(35)23(21)44-26-20(38)22(15(8-34)41-26)43-25-16(31)19(37)18(36)14(7-27)40-25;1-6(26)18-10(32)3-9(29)22(39-18)40-19-8(28)2-7(27)14(33)21(19)42-24-17(36)20(12(5-31)38-24)41-23-13(30)16(35)15(34)11(4-25)37-23/h9-26,32-37H,1-8,27-31H2;9-26,32-38H,2-8,27-31H2,1H3;6-24,31-36H,2-5,25-30H2,1H3/t9-,10-,11+,12+,13+,14+,15-,16-,17+,18-,19-,20-,21-,22-,23-,24-,25?,26+;9-,10+,11+,12-,13-,14-,15+,16+,17-,18+,19+,20+,21+,22+,23+,24+,25?,26-;6-,7+,8-,9+,10-,11-,12+,13+,14-,15+,16+,17+,18+,19+,20+,21+,22+,23?,24-/m100/s1. The fourth-order valence-electron chi connectivity index (χ4n) is 18.7. The summed E-state index contributed by atoms with van der Waals surface area (Å²) in [6.45, 7) is 3.54. The lowest BCUT2D eigenvalue weighted by atomic mass is 9.84. The maximum Gasteiger partial charge on any atom is 0.187 e. The molecule has 760 valence electrons. The summed E-state index contributed by atoms with van der Waals surface area (Å²) < 4.78 is 112. The predicted octanol–water partition coefficient (Wildman–Crippen LogP) is -21.1. The molecule has 0 bridgehead atoms. The van der Waals surface area contributed by atoms with Gasteiger partial charge in [0, 0.05) is 81.1 Å². The quantitative estimate of drug-likeness (QED) is 0.0318. The molecule has 3 saturated carbocycles. The number of rotatable bonds is 30. The summed E-state index contributed by atoms with van der Waals surface area (Å²) in [5.74, 6) is 0. The fraction of sp³-hybridized carbons (Fsp3) is 1.00. The number of nitrogens with two attached hydrogens (primary N) is 16. The van der Waals surface area contributed by atoms with Gasteiger partial charge in [0.1, 0.15) is 153 Å². The molecule has 13 fully saturated rings. The molecule has 0 radical (unpaired) electrons. The lowest BCUT2D eigenvalue weighted by Crippen LogP contribution is -2.66. The summed E-state index contributed by atoms with van der Waals surface area (Å²) in [4.78, 5) is 0. The number of aliphatic hydroxyl groups excluding tert-OH is 17. The molecule has 130 heavy (non-hydrogen) atoms. The van der Waals surface area contributed by atoms with E-state index in [1.54, 1.807) is 6.92 Å². The summed E-state index contributed by atoms with van der Waals surface area (Å²) in [5, 5.41) is 184. The van der Waals surface area contributed by atoms with Crippen LogP contribution >= 0.6 is 0 Å². The smallest absolute Gasteiger partial charge is 0.187 e. The lowest BCUT2D eigenvalue weighted by Gasteiger charge is -2.46. The number of aliphatic hydroxyl groups is 17. The highest BCUT2D eigenvalue weighted by atomic mass is 16.8. The van der Waals surface area contributed by atoms with E-state index in [9.17, 15) is 81.7 Å². The van der Waals surface area contributed by atoms with E-state index in [1.165, 1.54) is 0 Å². The molecule has 51 N–H and O–H groups in total. The predicted molar refractivity (Wildman–Crippen MR) is 442 cm³/mol. The first-order chi connectivity index (χ1) is 61.7. The molecule has 0 aromatic heterocycles. The van der Waals surface area contributed by atoms with E-state index >= 15 is 0 Å². The van der Waals surface area contributed by atoms with E-state index in [-0.39, 0.29) is 76.2 Å². The molecule has 55 atom stereocenters. The highest BCUT2D eigenvalue weighted by molar-refractivity contribution is 5.07. The molecular formula is C76H150N18O36. The Kier molecular flexibility index (Phi) is 40.7. The van der Waals surface area contributed by atoms with Crippen molar-refractivity contribution in [2.24, 2.45) is 91.7 Å². The minimum Gasteiger partial charge on any atom is -0.395 e. The highest BCUT2D eigenvalue weighted by Crippen LogP contribution is 2.41. The van der Waals surface area contributed by atoms with E-state index < -0.39 is 332 Å². The summed E-state index contributed by atoms with van der Waals surface area (Å²) in [6, 6.07) is -10.6. The first-order valence-corrected chi connectivity index (χ1v) is 44.8. The summed E-state index contributed by atoms with van der Waals surface area (Å²) in [5.41, 5.74) is 97.5. The molecule has 10 heterocycles. The fourth-order valence-corrected chi connectivity index (χ4v) is 18.7. The van der Waals surface area contributed by atoms with Gasteiger partial charge in [-0.25, -0.2) is 0 Å². The lowest BCUT2D eigenvalue weighted by molar-refractivity contribution is -0.297. The third-order valence-corrected chi connectivity index (χ3v) is 26.6. The van der Waals surface area contributed by atoms with E-state index in [4.69, 9.17) is 187 Å². The second-order valence-corrected chi connectivity index (χ2v) is 36.2. The highest BCUT2D eigenvalue weighted by Gasteiger charge is 2.60. The Morgan fingerprint density at radius 1 is 0.338 bits per heavy atom. The maximum absolute atomic E-state index is 11.2. The molecule has 0 aromatic carbocycles. The Labute approximate surface area is 750 Å². The number of ether oxygens (including phenoxy) is 19. The van der Waals surface area contributed by atoms with E-state index in [0.717, 1.165) is 0 Å². The van der Waals surface area contributed by atoms with Crippen molar-refractivity contribution in [1.29, 1.82) is 0 Å². The van der Waals surface area contributed by atoms with Crippen LogP contribution in [0.5, 0.6) is 0 Å². The van der Waals surface area contributed by atoms with Crippen molar-refractivity contribution >= 4 is 0 Å². The van der Waals surface area contributed by atoms with Gasteiger partial charge in [-0.3, -0.25) is 0 Å². The summed E-state index contributed by atoms with van der Waals surface area (Å²) in [7, 11) is 0. The van der Waals surface area contributed by atoms with Gasteiger partial charge >= 0.3 is 0 Å². The van der Waals surface area contributed by atoms with Crippen molar-refractivity contribution in [3.05, 3.63) is 0 Å². The van der Waals surface area contributed by atoms with Gasteiger partial charge in [0.05, 0.1) is 119 Å². The molecule has 54 heteroatoms. The molecule has 0 amide bonds. The van der Waals surface area contributed by atoms with Crippen molar-refractivity contribution in [2.75, 3.05) is 72.4 Å². The third kappa shape index (κ3) is 25.0. The minimum absolute atomic E-state index is 0.0253. The van der Waals surface area contributed by atoms with Crippen LogP contribution in [0, 0.1) is 0 Å². The topological polar surface area (TPSA) is 960 Å². The Morgan fingerprint density at radius 2 is 0.677 bits per heavy atom. The molecule has 10 saturated heterocycles. The van der Waals surface area contributed by atoms with Gasteiger partial charge in [-0.15, -0.1) is 0 Å². The minimum atomic E-state index is -1.56. The van der Waals surface area contributed by atoms with Crippen LogP contribution in [0.1, 0.15) is 65.2 Å². The van der Waals surface area contributed by atoms with Gasteiger partial charge in [-0.05, 0) is 65.2 Å². The van der Waals surface area contributed by atoms with Crippen LogP contribution in [0.3, 0.4) is 0 Å². The summed E-state index contributed by atoms with van der Waals surface area (Å²) >= 11 is 0. The number of morpholine rings is 1. The van der Waals surface area contributed by atoms with Gasteiger partial charge in [0.15, 0.2) is 56.6 Å². The van der Waals surface area contributed by atoms with Gasteiger partial charge in [-0.1, -0.05) is 0 Å². The van der Waals surface area contributed by atoms with E-state index in [0.29, 0.717) is 52.0 Å². The van der Waals surface area contributed by atoms with E-state index in [1.807, 2.05) is 6.92 Å². The number of hydrogen-bond acceptors (Lipinski definition) is 54. The second-order valence-electron chi connectivity index (χ2n) is 36.2. The van der Waals surface area contributed by atoms with Crippen molar-refractivity contribution in [3.63, 3.8) is 0 Å². The molecular weight excluding hydrogens is 1740 g/mol. The van der Waals surface area contributed by atoms with Gasteiger partial charge < -0.3 is 279 Å². The Hall–Kier alpha value is -2.16. The largest absolute Gasteiger partial charge is 0.395 e. The van der Waals surface area contributed by atoms with Crippen LogP contribution in [0.15, 0.2) is 0 Å². The van der Waals surface area contributed by atoms with Crippen molar-refractivity contribution in [2.45, 2.75) is 402 Å².